The molecule has 3 N–H and O–H groups in total. The lowest BCUT2D eigenvalue weighted by atomic mass is 9.95. The summed E-state index contributed by atoms with van der Waals surface area (Å²) in [5.41, 5.74) is 5.97. The highest BCUT2D eigenvalue weighted by Gasteiger charge is 2.42. The number of rotatable bonds is 7. The maximum Gasteiger partial charge on any atom is 0.273 e. The number of nitrogens with zero attached hydrogens (tertiary/aromatic N) is 2. The third-order valence-electron chi connectivity index (χ3n) is 7.03. The lowest BCUT2D eigenvalue weighted by Crippen LogP contribution is -2.31. The molecule has 1 amide bonds. The van der Waals surface area contributed by atoms with Gasteiger partial charge in [0.2, 0.25) is 0 Å². The summed E-state index contributed by atoms with van der Waals surface area (Å²) in [6.07, 6.45) is 2.65. The highest BCUT2D eigenvalue weighted by atomic mass is 16.5. The van der Waals surface area contributed by atoms with Crippen LogP contribution in [-0.4, -0.2) is 51.9 Å². The van der Waals surface area contributed by atoms with Crippen LogP contribution in [0.3, 0.4) is 0 Å². The number of aromatic amines is 2. The number of hydrogen-bond acceptors (Lipinski definition) is 5. The standard InChI is InChI=1S/C29H26N4O4/c1-36-21-9-5-17(6-10-21)26-25-27(32-31-26)29(35)33(28(25)18-3-7-20(34)8-4-18)14-13-19-16-30-24-12-11-22(37-2)15-23(19)24/h3-12,15-16,28,30,34H,13-14H2,1-2H3,(H,31,32)/t28-/m1/s1. The van der Waals surface area contributed by atoms with Crippen molar-refractivity contribution in [2.24, 2.45) is 0 Å². The van der Waals surface area contributed by atoms with Crippen molar-refractivity contribution in [2.75, 3.05) is 20.8 Å². The van der Waals surface area contributed by atoms with Crippen LogP contribution in [0, 0.1) is 0 Å². The first kappa shape index (κ1) is 22.7. The predicted molar refractivity (Wildman–Crippen MR) is 140 cm³/mol. The molecule has 186 valence electrons. The van der Waals surface area contributed by atoms with Gasteiger partial charge in [-0.05, 0) is 72.1 Å². The summed E-state index contributed by atoms with van der Waals surface area (Å²) >= 11 is 0. The molecule has 0 aliphatic carbocycles. The number of carbonyl (C=O) groups excluding carboxylic acids is 1. The Morgan fingerprint density at radius 1 is 0.973 bits per heavy atom. The number of fused-ring (bicyclic) bond motifs is 2. The Bertz CT molecular complexity index is 1590. The van der Waals surface area contributed by atoms with Gasteiger partial charge in [-0.25, -0.2) is 0 Å². The molecule has 0 saturated carbocycles. The minimum atomic E-state index is -0.348. The number of phenolic OH excluding ortho intramolecular Hbond substituents is 1. The highest BCUT2D eigenvalue weighted by Crippen LogP contribution is 2.43. The van der Waals surface area contributed by atoms with Crippen LogP contribution in [-0.2, 0) is 6.42 Å². The van der Waals surface area contributed by atoms with Gasteiger partial charge in [-0.2, -0.15) is 5.10 Å². The number of H-pyrrole nitrogens is 2. The van der Waals surface area contributed by atoms with Crippen molar-refractivity contribution >= 4 is 16.8 Å². The molecule has 8 nitrogen and oxygen atoms in total. The summed E-state index contributed by atoms with van der Waals surface area (Å²) in [7, 11) is 3.28. The van der Waals surface area contributed by atoms with E-state index >= 15 is 0 Å². The molecule has 1 aliphatic heterocycles. The second kappa shape index (κ2) is 9.05. The Labute approximate surface area is 213 Å². The minimum Gasteiger partial charge on any atom is -0.508 e. The van der Waals surface area contributed by atoms with Gasteiger partial charge in [-0.15, -0.1) is 0 Å². The van der Waals surface area contributed by atoms with Crippen LogP contribution < -0.4 is 9.47 Å². The lowest BCUT2D eigenvalue weighted by molar-refractivity contribution is 0.0746. The monoisotopic (exact) mass is 494 g/mol. The van der Waals surface area contributed by atoms with E-state index in [1.165, 1.54) is 0 Å². The first-order valence-electron chi connectivity index (χ1n) is 12.0. The van der Waals surface area contributed by atoms with E-state index in [2.05, 4.69) is 15.2 Å². The second-order valence-corrected chi connectivity index (χ2v) is 9.06. The molecule has 6 rings (SSSR count). The van der Waals surface area contributed by atoms with E-state index in [0.29, 0.717) is 18.7 Å². The van der Waals surface area contributed by atoms with E-state index in [0.717, 1.165) is 50.3 Å². The van der Waals surface area contributed by atoms with Gasteiger partial charge in [0.1, 0.15) is 22.9 Å². The molecule has 1 atom stereocenters. The fourth-order valence-electron chi connectivity index (χ4n) is 5.13. The fourth-order valence-corrected chi connectivity index (χ4v) is 5.13. The third-order valence-corrected chi connectivity index (χ3v) is 7.03. The predicted octanol–water partition coefficient (Wildman–Crippen LogP) is 5.07. The summed E-state index contributed by atoms with van der Waals surface area (Å²) in [5, 5.41) is 18.5. The van der Waals surface area contributed by atoms with Gasteiger partial charge in [-0.1, -0.05) is 12.1 Å². The average Bonchev–Trinajstić information content (AvgIpc) is 3.62. The second-order valence-electron chi connectivity index (χ2n) is 9.06. The van der Waals surface area contributed by atoms with Gasteiger partial charge in [0, 0.05) is 34.8 Å². The number of amides is 1. The molecular weight excluding hydrogens is 468 g/mol. The molecule has 0 bridgehead atoms. The van der Waals surface area contributed by atoms with Gasteiger partial charge in [0.15, 0.2) is 0 Å². The van der Waals surface area contributed by atoms with Crippen molar-refractivity contribution in [3.63, 3.8) is 0 Å². The van der Waals surface area contributed by atoms with Crippen molar-refractivity contribution in [1.82, 2.24) is 20.1 Å². The number of phenols is 1. The van der Waals surface area contributed by atoms with Gasteiger partial charge in [0.25, 0.3) is 5.91 Å². The Balaban J connectivity index is 1.38. The normalized spacial score (nSPS) is 14.8. The molecule has 0 radical (unpaired) electrons. The van der Waals surface area contributed by atoms with Crippen LogP contribution in [0.2, 0.25) is 0 Å². The highest BCUT2D eigenvalue weighted by molar-refractivity contribution is 6.00. The number of methoxy groups -OCH3 is 2. The maximum absolute atomic E-state index is 13.7. The molecule has 3 aromatic carbocycles. The van der Waals surface area contributed by atoms with Gasteiger partial charge in [0.05, 0.1) is 26.0 Å². The topological polar surface area (TPSA) is 103 Å². The number of hydrogen-bond donors (Lipinski definition) is 3. The van der Waals surface area contributed by atoms with Crippen LogP contribution in [0.25, 0.3) is 22.2 Å². The van der Waals surface area contributed by atoms with Gasteiger partial charge < -0.3 is 24.5 Å². The zero-order chi connectivity index (χ0) is 25.5. The van der Waals surface area contributed by atoms with E-state index in [9.17, 15) is 9.90 Å². The van der Waals surface area contributed by atoms with E-state index in [1.807, 2.05) is 65.7 Å². The molecule has 8 heteroatoms. The van der Waals surface area contributed by atoms with Gasteiger partial charge in [-0.3, -0.25) is 9.89 Å². The Morgan fingerprint density at radius 3 is 2.43 bits per heavy atom. The van der Waals surface area contributed by atoms with Crippen LogP contribution in [0.15, 0.2) is 72.9 Å². The summed E-state index contributed by atoms with van der Waals surface area (Å²) in [6, 6.07) is 20.2. The largest absolute Gasteiger partial charge is 0.508 e. The first-order chi connectivity index (χ1) is 18.1. The van der Waals surface area contributed by atoms with Crippen molar-refractivity contribution in [1.29, 1.82) is 0 Å². The molecule has 0 saturated heterocycles. The zero-order valence-electron chi connectivity index (χ0n) is 20.5. The minimum absolute atomic E-state index is 0.0993. The molecule has 37 heavy (non-hydrogen) atoms. The van der Waals surface area contributed by atoms with Crippen LogP contribution in [0.4, 0.5) is 0 Å². The van der Waals surface area contributed by atoms with E-state index in [1.54, 1.807) is 26.4 Å². The Morgan fingerprint density at radius 2 is 1.70 bits per heavy atom. The maximum atomic E-state index is 13.7. The SMILES string of the molecule is COc1ccc(-c2n[nH]c3c2[C@@H](c2ccc(O)cc2)N(CCc2c[nH]c4ccc(OC)cc24)C3=O)cc1. The Kier molecular flexibility index (Phi) is 5.56. The van der Waals surface area contributed by atoms with Crippen molar-refractivity contribution in [2.45, 2.75) is 12.5 Å². The van der Waals surface area contributed by atoms with Crippen LogP contribution >= 0.6 is 0 Å². The molecule has 0 unspecified atom stereocenters. The van der Waals surface area contributed by atoms with E-state index in [-0.39, 0.29) is 17.7 Å². The Hall–Kier alpha value is -4.72. The number of benzene rings is 3. The summed E-state index contributed by atoms with van der Waals surface area (Å²) < 4.78 is 10.7. The molecule has 1 aliphatic rings. The summed E-state index contributed by atoms with van der Waals surface area (Å²) in [6.45, 7) is 0.499. The summed E-state index contributed by atoms with van der Waals surface area (Å²) in [4.78, 5) is 18.9. The molecule has 5 aromatic rings. The quantitative estimate of drug-likeness (QED) is 0.293. The van der Waals surface area contributed by atoms with E-state index in [4.69, 9.17) is 9.47 Å². The first-order valence-corrected chi connectivity index (χ1v) is 12.0. The third kappa shape index (κ3) is 3.87. The number of nitrogens with one attached hydrogen (secondary N) is 2. The summed E-state index contributed by atoms with van der Waals surface area (Å²) in [5.74, 6) is 1.62. The zero-order valence-corrected chi connectivity index (χ0v) is 20.5. The fraction of sp³-hybridized carbons (Fsp3) is 0.172. The number of aromatic hydroxyl groups is 1. The smallest absolute Gasteiger partial charge is 0.273 e. The van der Waals surface area contributed by atoms with Crippen LogP contribution in [0.1, 0.15) is 33.2 Å². The molecule has 0 fully saturated rings. The number of ether oxygens (including phenoxy) is 2. The number of aromatic nitrogens is 3. The average molecular weight is 495 g/mol. The van der Waals surface area contributed by atoms with Crippen molar-refractivity contribution in [3.8, 4) is 28.5 Å². The molecule has 3 heterocycles. The molecule has 2 aromatic heterocycles. The van der Waals surface area contributed by atoms with Crippen molar-refractivity contribution in [3.05, 3.63) is 95.3 Å². The van der Waals surface area contributed by atoms with E-state index < -0.39 is 0 Å². The molecular formula is C29H26N4O4. The van der Waals surface area contributed by atoms with Crippen LogP contribution in [0.5, 0.6) is 17.2 Å². The lowest BCUT2D eigenvalue weighted by Gasteiger charge is -2.26. The molecule has 0 spiro atoms. The number of carbonyl (C=O) groups is 1. The van der Waals surface area contributed by atoms with Crippen molar-refractivity contribution < 1.29 is 19.4 Å². The van der Waals surface area contributed by atoms with Gasteiger partial charge >= 0.3 is 0 Å².